The zero-order valence-corrected chi connectivity index (χ0v) is 14.5. The van der Waals surface area contributed by atoms with Gasteiger partial charge in [0.25, 0.3) is 5.69 Å². The van der Waals surface area contributed by atoms with Crippen LogP contribution in [-0.4, -0.2) is 57.9 Å². The maximum Gasteiger partial charge on any atom is 0.513 e. The Bertz CT molecular complexity index is 700. The molecular weight excluding hydrogens is 393 g/mol. The molecule has 1 aromatic carbocycles. The zero-order chi connectivity index (χ0) is 20.4. The highest BCUT2D eigenvalue weighted by Gasteiger charge is 2.21. The van der Waals surface area contributed by atoms with E-state index in [9.17, 15) is 24.3 Å². The van der Waals surface area contributed by atoms with E-state index < -0.39 is 57.2 Å². The van der Waals surface area contributed by atoms with Gasteiger partial charge in [0.2, 0.25) is 0 Å². The molecule has 0 saturated heterocycles. The summed E-state index contributed by atoms with van der Waals surface area (Å²) < 4.78 is 28.6. The molecule has 0 saturated carbocycles. The number of carbonyl (C=O) groups excluding carboxylic acids is 2. The molecule has 13 nitrogen and oxygen atoms in total. The SMILES string of the molecule is O=C(CCOC(=O)Oc1ccc([N+](=O)[O-])cc1)OC(CO)COP(=O)(O)O. The number of phosphoric ester groups is 1. The standard InChI is InChI=1S/C13H16NO12P/c15-7-11(8-24-27(20,21)22)25-12(16)5-6-23-13(17)26-10-3-1-9(2-4-10)14(18)19/h1-4,11,15H,5-8H2,(H2,20,21,22). The number of nitro benzene ring substituents is 1. The summed E-state index contributed by atoms with van der Waals surface area (Å²) in [5, 5.41) is 19.4. The van der Waals surface area contributed by atoms with Crippen LogP contribution in [0, 0.1) is 10.1 Å². The van der Waals surface area contributed by atoms with Crippen molar-refractivity contribution < 1.29 is 52.7 Å². The van der Waals surface area contributed by atoms with Gasteiger partial charge >= 0.3 is 19.9 Å². The Morgan fingerprint density at radius 3 is 2.37 bits per heavy atom. The van der Waals surface area contributed by atoms with Crippen LogP contribution in [-0.2, 0) is 23.4 Å². The van der Waals surface area contributed by atoms with Crippen LogP contribution < -0.4 is 4.74 Å². The fourth-order valence-electron chi connectivity index (χ4n) is 1.53. The summed E-state index contributed by atoms with van der Waals surface area (Å²) in [6, 6.07) is 4.60. The normalized spacial score (nSPS) is 12.1. The van der Waals surface area contributed by atoms with Crippen molar-refractivity contribution in [2.75, 3.05) is 19.8 Å². The van der Waals surface area contributed by atoms with Crippen LogP contribution >= 0.6 is 7.82 Å². The van der Waals surface area contributed by atoms with Gasteiger partial charge in [-0.05, 0) is 12.1 Å². The second-order valence-corrected chi connectivity index (χ2v) is 6.02. The lowest BCUT2D eigenvalue weighted by atomic mass is 10.3. The van der Waals surface area contributed by atoms with Gasteiger partial charge < -0.3 is 29.1 Å². The smallest absolute Gasteiger partial charge is 0.457 e. The number of nitrogens with zero attached hydrogens (tertiary/aromatic N) is 1. The molecule has 0 aliphatic rings. The minimum atomic E-state index is -4.78. The highest BCUT2D eigenvalue weighted by molar-refractivity contribution is 7.46. The van der Waals surface area contributed by atoms with E-state index in [4.69, 9.17) is 19.6 Å². The van der Waals surface area contributed by atoms with E-state index in [0.717, 1.165) is 12.1 Å². The molecule has 1 atom stereocenters. The van der Waals surface area contributed by atoms with Crippen LogP contribution in [0.15, 0.2) is 24.3 Å². The molecule has 0 radical (unpaired) electrons. The molecule has 150 valence electrons. The Morgan fingerprint density at radius 1 is 1.22 bits per heavy atom. The fourth-order valence-corrected chi connectivity index (χ4v) is 1.89. The zero-order valence-electron chi connectivity index (χ0n) is 13.6. The van der Waals surface area contributed by atoms with Gasteiger partial charge in [-0.1, -0.05) is 0 Å². The van der Waals surface area contributed by atoms with Gasteiger partial charge in [-0.3, -0.25) is 19.4 Å². The first-order valence-corrected chi connectivity index (χ1v) is 8.73. The van der Waals surface area contributed by atoms with Crippen molar-refractivity contribution in [2.24, 2.45) is 0 Å². The van der Waals surface area contributed by atoms with Gasteiger partial charge in [-0.25, -0.2) is 9.36 Å². The third-order valence-corrected chi connectivity index (χ3v) is 3.19. The Morgan fingerprint density at radius 2 is 1.85 bits per heavy atom. The van der Waals surface area contributed by atoms with E-state index in [2.05, 4.69) is 14.0 Å². The summed E-state index contributed by atoms with van der Waals surface area (Å²) in [4.78, 5) is 49.8. The number of aliphatic hydroxyl groups is 1. The lowest BCUT2D eigenvalue weighted by molar-refractivity contribution is -0.384. The number of benzene rings is 1. The third kappa shape index (κ3) is 9.63. The molecule has 1 aromatic rings. The van der Waals surface area contributed by atoms with E-state index >= 15 is 0 Å². The molecule has 3 N–H and O–H groups in total. The molecule has 0 spiro atoms. The summed E-state index contributed by atoms with van der Waals surface area (Å²) in [6.45, 7) is -1.91. The van der Waals surface area contributed by atoms with Gasteiger partial charge in [0, 0.05) is 12.1 Å². The molecule has 0 bridgehead atoms. The van der Waals surface area contributed by atoms with E-state index in [1.54, 1.807) is 0 Å². The van der Waals surface area contributed by atoms with Crippen molar-refractivity contribution >= 4 is 25.6 Å². The number of rotatable bonds is 10. The van der Waals surface area contributed by atoms with Gasteiger partial charge in [0.15, 0.2) is 0 Å². The average Bonchev–Trinajstić information content (AvgIpc) is 2.58. The van der Waals surface area contributed by atoms with Crippen LogP contribution in [0.3, 0.4) is 0 Å². The first-order valence-electron chi connectivity index (χ1n) is 7.20. The topological polar surface area (TPSA) is 192 Å². The van der Waals surface area contributed by atoms with Crippen molar-refractivity contribution in [1.29, 1.82) is 0 Å². The largest absolute Gasteiger partial charge is 0.513 e. The highest BCUT2D eigenvalue weighted by Crippen LogP contribution is 2.35. The van der Waals surface area contributed by atoms with E-state index in [-0.39, 0.29) is 11.4 Å². The number of ether oxygens (including phenoxy) is 3. The summed E-state index contributed by atoms with van der Waals surface area (Å²) in [6.07, 6.45) is -2.90. The van der Waals surface area contributed by atoms with Crippen molar-refractivity contribution in [3.8, 4) is 5.75 Å². The van der Waals surface area contributed by atoms with Gasteiger partial charge in [0.05, 0.1) is 24.6 Å². The third-order valence-electron chi connectivity index (χ3n) is 2.71. The molecule has 1 rings (SSSR count). The van der Waals surface area contributed by atoms with Crippen LogP contribution in [0.4, 0.5) is 10.5 Å². The Hall–Kier alpha value is -2.57. The molecule has 14 heteroatoms. The number of hydrogen-bond acceptors (Lipinski definition) is 10. The number of phosphoric acid groups is 1. The summed E-state index contributed by atoms with van der Waals surface area (Å²) in [5.74, 6) is -0.936. The lowest BCUT2D eigenvalue weighted by Crippen LogP contribution is -2.27. The second kappa shape index (κ2) is 10.5. The quantitative estimate of drug-likeness (QED) is 0.160. The molecular formula is C13H16NO12P. The average molecular weight is 409 g/mol. The van der Waals surface area contributed by atoms with E-state index in [1.807, 2.05) is 0 Å². The number of carbonyl (C=O) groups is 2. The highest BCUT2D eigenvalue weighted by atomic mass is 31.2. The summed E-state index contributed by atoms with van der Waals surface area (Å²) >= 11 is 0. The second-order valence-electron chi connectivity index (χ2n) is 4.78. The monoisotopic (exact) mass is 409 g/mol. The lowest BCUT2D eigenvalue weighted by Gasteiger charge is -2.15. The van der Waals surface area contributed by atoms with Crippen LogP contribution in [0.2, 0.25) is 0 Å². The van der Waals surface area contributed by atoms with Crippen molar-refractivity contribution in [3.63, 3.8) is 0 Å². The molecule has 0 aliphatic heterocycles. The molecule has 0 fully saturated rings. The van der Waals surface area contributed by atoms with E-state index in [0.29, 0.717) is 0 Å². The number of non-ortho nitro benzene ring substituents is 1. The maximum atomic E-state index is 11.5. The minimum absolute atomic E-state index is 0.0110. The summed E-state index contributed by atoms with van der Waals surface area (Å²) in [5.41, 5.74) is -0.195. The predicted molar refractivity (Wildman–Crippen MR) is 84.7 cm³/mol. The van der Waals surface area contributed by atoms with Crippen molar-refractivity contribution in [3.05, 3.63) is 34.4 Å². The molecule has 27 heavy (non-hydrogen) atoms. The Balaban J connectivity index is 2.32. The van der Waals surface area contributed by atoms with Crippen molar-refractivity contribution in [1.82, 2.24) is 0 Å². The Labute approximate surface area is 151 Å². The number of esters is 1. The van der Waals surface area contributed by atoms with Gasteiger partial charge in [-0.2, -0.15) is 0 Å². The minimum Gasteiger partial charge on any atom is -0.457 e. The summed E-state index contributed by atoms with van der Waals surface area (Å²) in [7, 11) is -4.78. The number of nitro groups is 1. The molecule has 0 aliphatic carbocycles. The van der Waals surface area contributed by atoms with Gasteiger partial charge in [-0.15, -0.1) is 0 Å². The van der Waals surface area contributed by atoms with Crippen molar-refractivity contribution in [2.45, 2.75) is 12.5 Å². The van der Waals surface area contributed by atoms with Crippen LogP contribution in [0.5, 0.6) is 5.75 Å². The molecule has 0 heterocycles. The van der Waals surface area contributed by atoms with E-state index in [1.165, 1.54) is 12.1 Å². The van der Waals surface area contributed by atoms with Gasteiger partial charge in [0.1, 0.15) is 18.5 Å². The fraction of sp³-hybridized carbons (Fsp3) is 0.385. The Kier molecular flexibility index (Phi) is 8.78. The first kappa shape index (κ1) is 22.5. The van der Waals surface area contributed by atoms with Crippen LogP contribution in [0.25, 0.3) is 0 Å². The maximum absolute atomic E-state index is 11.5. The predicted octanol–water partition coefficient (Wildman–Crippen LogP) is 0.514. The number of aliphatic hydroxyl groups excluding tert-OH is 1. The first-order chi connectivity index (χ1) is 12.6. The molecule has 1 unspecified atom stereocenters. The molecule has 0 amide bonds. The molecule has 0 aromatic heterocycles. The van der Waals surface area contributed by atoms with Crippen LogP contribution in [0.1, 0.15) is 6.42 Å². The number of hydrogen-bond donors (Lipinski definition) is 3.